The van der Waals surface area contributed by atoms with Crippen LogP contribution in [0.5, 0.6) is 0 Å². The molecule has 91 heavy (non-hydrogen) atoms. The van der Waals surface area contributed by atoms with Gasteiger partial charge < -0.3 is 89.9 Å². The second kappa shape index (κ2) is 52.5. The number of nitrogens with one attached hydrogen (secondary N) is 1. The van der Waals surface area contributed by atoms with Crippen LogP contribution in [0, 0.1) is 0 Å². The van der Waals surface area contributed by atoms with Crippen LogP contribution in [0.15, 0.2) is 122 Å². The highest BCUT2D eigenvalue weighted by atomic mass is 16.8. The van der Waals surface area contributed by atoms with Crippen LogP contribution in [0.25, 0.3) is 0 Å². The van der Waals surface area contributed by atoms with E-state index in [0.717, 1.165) is 109 Å². The molecule has 17 unspecified atom stereocenters. The third-order valence-electron chi connectivity index (χ3n) is 16.3. The van der Waals surface area contributed by atoms with Gasteiger partial charge in [-0.1, -0.05) is 219 Å². The number of amides is 1. The molecule has 1 amide bonds. The minimum absolute atomic E-state index is 0.228. The lowest BCUT2D eigenvalue weighted by molar-refractivity contribution is -0.379. The number of unbranched alkanes of at least 4 members (excludes halogenated alkanes) is 14. The Morgan fingerprint density at radius 1 is 0.407 bits per heavy atom. The van der Waals surface area contributed by atoms with E-state index >= 15 is 0 Å². The third kappa shape index (κ3) is 34.4. The Morgan fingerprint density at radius 2 is 0.758 bits per heavy atom. The summed E-state index contributed by atoms with van der Waals surface area (Å²) in [4.78, 5) is 13.4. The Kier molecular flexibility index (Phi) is 46.9. The SMILES string of the molecule is CC/C=C\C/C=C\C/C=C\C/C=C\C/C=C\C/C=C\C/C=C\C/C=C\C/C=C\C/C=C\CCCCCCC(=O)NC(COC1OC(CO)C(OC2OC(CO)C(OC3OC(CO)C(O)C(O)C3O)C(O)C2O)C(O)C1O)C(O)CCCCCCCCCCCCC. The summed E-state index contributed by atoms with van der Waals surface area (Å²) in [6, 6.07) is -0.909. The molecule has 0 aromatic heterocycles. The molecule has 0 aromatic rings. The molecule has 3 aliphatic rings. The number of carbonyl (C=O) groups excluding carboxylic acids is 1. The molecule has 0 aromatic carbocycles. The number of allylic oxidation sites excluding steroid dienone is 20. The largest absolute Gasteiger partial charge is 0.394 e. The summed E-state index contributed by atoms with van der Waals surface area (Å²) in [5.74, 6) is -0.275. The maximum Gasteiger partial charge on any atom is 0.220 e. The zero-order chi connectivity index (χ0) is 66.1. The summed E-state index contributed by atoms with van der Waals surface area (Å²) in [5.41, 5.74) is 0. The zero-order valence-corrected chi connectivity index (χ0v) is 54.8. The monoisotopic (exact) mass is 1290 g/mol. The van der Waals surface area contributed by atoms with Crippen molar-refractivity contribution in [3.05, 3.63) is 122 Å². The Bertz CT molecular complexity index is 2120. The van der Waals surface area contributed by atoms with Crippen LogP contribution >= 0.6 is 0 Å². The van der Waals surface area contributed by atoms with E-state index in [0.29, 0.717) is 19.3 Å². The number of hydrogen-bond acceptors (Lipinski definition) is 18. The fourth-order valence-electron chi connectivity index (χ4n) is 10.8. The summed E-state index contributed by atoms with van der Waals surface area (Å²) in [5, 5.41) is 120. The van der Waals surface area contributed by atoms with E-state index in [1.807, 2.05) is 0 Å². The number of aliphatic hydroxyl groups excluding tert-OH is 11. The lowest BCUT2D eigenvalue weighted by Crippen LogP contribution is -2.66. The van der Waals surface area contributed by atoms with Crippen molar-refractivity contribution in [1.82, 2.24) is 5.32 Å². The highest BCUT2D eigenvalue weighted by Gasteiger charge is 2.53. The molecular weight excluding hydrogens is 1170 g/mol. The van der Waals surface area contributed by atoms with Crippen molar-refractivity contribution in [1.29, 1.82) is 0 Å². The molecule has 12 N–H and O–H groups in total. The predicted molar refractivity (Wildman–Crippen MR) is 355 cm³/mol. The molecule has 3 heterocycles. The van der Waals surface area contributed by atoms with Gasteiger partial charge in [0.05, 0.1) is 38.6 Å². The van der Waals surface area contributed by atoms with Gasteiger partial charge in [0.15, 0.2) is 18.9 Å². The maximum absolute atomic E-state index is 13.4. The second-order valence-corrected chi connectivity index (χ2v) is 23.9. The van der Waals surface area contributed by atoms with Gasteiger partial charge in [-0.25, -0.2) is 0 Å². The average molecular weight is 1290 g/mol. The van der Waals surface area contributed by atoms with Gasteiger partial charge in [-0.05, 0) is 89.9 Å². The fourth-order valence-corrected chi connectivity index (χ4v) is 10.8. The minimum atomic E-state index is -1.98. The van der Waals surface area contributed by atoms with Gasteiger partial charge in [-0.15, -0.1) is 0 Å². The molecular formula is C72H119NO18. The highest BCUT2D eigenvalue weighted by Crippen LogP contribution is 2.33. The molecule has 3 fully saturated rings. The normalized spacial score (nSPS) is 28.6. The van der Waals surface area contributed by atoms with Crippen molar-refractivity contribution in [2.24, 2.45) is 0 Å². The molecule has 520 valence electrons. The number of rotatable bonds is 50. The van der Waals surface area contributed by atoms with Crippen LogP contribution in [0.3, 0.4) is 0 Å². The van der Waals surface area contributed by atoms with Crippen molar-refractivity contribution < 1.29 is 89.4 Å². The van der Waals surface area contributed by atoms with E-state index in [2.05, 4.69) is 141 Å². The van der Waals surface area contributed by atoms with Crippen LogP contribution < -0.4 is 5.32 Å². The lowest BCUT2D eigenvalue weighted by atomic mass is 9.96. The van der Waals surface area contributed by atoms with Crippen molar-refractivity contribution in [2.75, 3.05) is 26.4 Å². The van der Waals surface area contributed by atoms with Crippen LogP contribution in [-0.4, -0.2) is 193 Å². The number of aliphatic hydroxyl groups is 11. The van der Waals surface area contributed by atoms with Gasteiger partial charge in [-0.3, -0.25) is 4.79 Å². The Hall–Kier alpha value is -3.81. The topological polar surface area (TPSA) is 307 Å². The first-order valence-electron chi connectivity index (χ1n) is 34.3. The lowest BCUT2D eigenvalue weighted by Gasteiger charge is -2.48. The quantitative estimate of drug-likeness (QED) is 0.0200. The van der Waals surface area contributed by atoms with Crippen molar-refractivity contribution in [2.45, 2.75) is 298 Å². The van der Waals surface area contributed by atoms with Crippen LogP contribution in [-0.2, 0) is 33.2 Å². The maximum atomic E-state index is 13.4. The first-order chi connectivity index (χ1) is 44.3. The second-order valence-electron chi connectivity index (χ2n) is 23.9. The molecule has 0 radical (unpaired) electrons. The average Bonchev–Trinajstić information content (AvgIpc) is 1.05. The van der Waals surface area contributed by atoms with Gasteiger partial charge >= 0.3 is 0 Å². The van der Waals surface area contributed by atoms with Gasteiger partial charge in [0.2, 0.25) is 5.91 Å². The van der Waals surface area contributed by atoms with Crippen molar-refractivity contribution in [3.8, 4) is 0 Å². The van der Waals surface area contributed by atoms with Crippen molar-refractivity contribution >= 4 is 5.91 Å². The molecule has 0 bridgehead atoms. The molecule has 0 spiro atoms. The van der Waals surface area contributed by atoms with E-state index in [1.54, 1.807) is 0 Å². The standard InChI is InChI=1S/C72H119NO18/c1-3-5-7-9-11-13-15-16-17-18-19-20-21-22-23-24-25-26-27-28-29-30-31-32-33-34-35-36-37-38-40-42-44-46-48-50-60(78)73-55(56(77)49-47-45-43-41-39-14-12-10-8-6-4-2)54-86-70-66(84)63(81)68(58(52-75)88-70)91-72-67(85)64(82)69(59(53-76)89-72)90-71-65(83)62(80)61(79)57(51-74)87-71/h5,7,11,13,16-17,19-20,22-23,25-26,28-29,31-32,34-35,37-38,55-59,61-72,74-77,79-85H,3-4,6,8-10,12,14-15,18,21,24,27,30,33,36,39-54H2,1-2H3,(H,73,78)/b7-5-,13-11-,17-16-,20-19-,23-22-,26-25-,29-28-,32-31-,35-34-,38-37-. The number of ether oxygens (including phenoxy) is 6. The molecule has 17 atom stereocenters. The van der Waals surface area contributed by atoms with Gasteiger partial charge in [0.1, 0.15) is 73.2 Å². The van der Waals surface area contributed by atoms with Crippen LogP contribution in [0.4, 0.5) is 0 Å². The predicted octanol–water partition coefficient (Wildman–Crippen LogP) is 8.82. The molecule has 19 nitrogen and oxygen atoms in total. The summed E-state index contributed by atoms with van der Waals surface area (Å²) >= 11 is 0. The first kappa shape index (κ1) is 81.4. The van der Waals surface area contributed by atoms with E-state index in [9.17, 15) is 61.0 Å². The van der Waals surface area contributed by atoms with E-state index < -0.39 is 124 Å². The van der Waals surface area contributed by atoms with Gasteiger partial charge in [0, 0.05) is 6.42 Å². The van der Waals surface area contributed by atoms with Crippen molar-refractivity contribution in [3.63, 3.8) is 0 Å². The number of carbonyl (C=O) groups is 1. The fraction of sp³-hybridized carbons (Fsp3) is 0.708. The minimum Gasteiger partial charge on any atom is -0.394 e. The molecule has 19 heteroatoms. The summed E-state index contributed by atoms with van der Waals surface area (Å²) in [6.07, 6.45) is 44.4. The smallest absolute Gasteiger partial charge is 0.220 e. The summed E-state index contributed by atoms with van der Waals surface area (Å²) in [7, 11) is 0. The molecule has 3 rings (SSSR count). The molecule has 0 saturated carbocycles. The number of hydrogen-bond donors (Lipinski definition) is 12. The molecule has 0 aliphatic carbocycles. The van der Waals surface area contributed by atoms with Gasteiger partial charge in [-0.2, -0.15) is 0 Å². The van der Waals surface area contributed by atoms with Crippen LogP contribution in [0.2, 0.25) is 0 Å². The van der Waals surface area contributed by atoms with Gasteiger partial charge in [0.25, 0.3) is 0 Å². The Balaban J connectivity index is 1.38. The van der Waals surface area contributed by atoms with Crippen LogP contribution in [0.1, 0.15) is 194 Å². The molecule has 3 saturated heterocycles. The zero-order valence-electron chi connectivity index (χ0n) is 54.8. The Labute approximate surface area is 544 Å². The third-order valence-corrected chi connectivity index (χ3v) is 16.3. The highest BCUT2D eigenvalue weighted by molar-refractivity contribution is 5.76. The first-order valence-corrected chi connectivity index (χ1v) is 34.3. The summed E-state index contributed by atoms with van der Waals surface area (Å²) < 4.78 is 34.3. The molecule has 3 aliphatic heterocycles. The van der Waals surface area contributed by atoms with E-state index in [4.69, 9.17) is 28.4 Å². The van der Waals surface area contributed by atoms with E-state index in [1.165, 1.54) is 44.9 Å². The Morgan fingerprint density at radius 3 is 1.19 bits per heavy atom. The van der Waals surface area contributed by atoms with E-state index in [-0.39, 0.29) is 18.9 Å². The summed E-state index contributed by atoms with van der Waals surface area (Å²) in [6.45, 7) is 1.62.